The zero-order chi connectivity index (χ0) is 26.9. The molecule has 36 heavy (non-hydrogen) atoms. The summed E-state index contributed by atoms with van der Waals surface area (Å²) in [6, 6.07) is 10.5. The highest BCUT2D eigenvalue weighted by Crippen LogP contribution is 2.38. The summed E-state index contributed by atoms with van der Waals surface area (Å²) in [5.74, 6) is -1.19. The Labute approximate surface area is 211 Å². The van der Waals surface area contributed by atoms with Crippen molar-refractivity contribution in [2.24, 2.45) is 0 Å². The lowest BCUT2D eigenvalue weighted by Crippen LogP contribution is -2.38. The van der Waals surface area contributed by atoms with Gasteiger partial charge in [-0.15, -0.1) is 0 Å². The molecule has 0 saturated carbocycles. The maximum atomic E-state index is 13.3. The Bertz CT molecular complexity index is 1380. The smallest absolute Gasteiger partial charge is 0.323 e. The van der Waals surface area contributed by atoms with Crippen molar-refractivity contribution in [2.75, 3.05) is 16.2 Å². The van der Waals surface area contributed by atoms with Crippen molar-refractivity contribution < 1.29 is 39.6 Å². The minimum absolute atomic E-state index is 0.286. The van der Waals surface area contributed by atoms with Crippen LogP contribution in [-0.4, -0.2) is 20.9 Å². The molecule has 0 saturated heterocycles. The van der Waals surface area contributed by atoms with Crippen molar-refractivity contribution in [1.29, 1.82) is 0 Å². The van der Waals surface area contributed by atoms with E-state index in [1.54, 1.807) is 0 Å². The monoisotopic (exact) mass is 570 g/mol. The number of hydrogen-bond donors (Lipinski definition) is 1. The van der Waals surface area contributed by atoms with Gasteiger partial charge in [0.15, 0.2) is 0 Å². The van der Waals surface area contributed by atoms with E-state index in [0.717, 1.165) is 24.3 Å². The number of anilines is 2. The van der Waals surface area contributed by atoms with Gasteiger partial charge in [0.05, 0.1) is 37.4 Å². The molecule has 1 N–H and O–H groups in total. The molecule has 0 heterocycles. The van der Waals surface area contributed by atoms with Gasteiger partial charge in [-0.1, -0.05) is 41.4 Å². The highest BCUT2D eigenvalue weighted by molar-refractivity contribution is 7.92. The number of benzene rings is 3. The Morgan fingerprint density at radius 2 is 1.33 bits per heavy atom. The van der Waals surface area contributed by atoms with Gasteiger partial charge in [-0.25, -0.2) is 8.42 Å². The fourth-order valence-corrected chi connectivity index (χ4v) is 4.90. The molecule has 0 bridgehead atoms. The molecule has 3 rings (SSSR count). The Balaban J connectivity index is 2.06. The third kappa shape index (κ3) is 6.23. The van der Waals surface area contributed by atoms with Crippen LogP contribution < -0.4 is 9.62 Å². The number of nitrogens with zero attached hydrogens (tertiary/aromatic N) is 1. The van der Waals surface area contributed by atoms with Crippen molar-refractivity contribution in [3.05, 3.63) is 87.9 Å². The van der Waals surface area contributed by atoms with Gasteiger partial charge in [0, 0.05) is 0 Å². The van der Waals surface area contributed by atoms with Crippen molar-refractivity contribution in [1.82, 2.24) is 0 Å². The van der Waals surface area contributed by atoms with Gasteiger partial charge in [-0.05, 0) is 48.5 Å². The summed E-state index contributed by atoms with van der Waals surface area (Å²) >= 11 is 11.9. The van der Waals surface area contributed by atoms with E-state index in [9.17, 15) is 39.6 Å². The van der Waals surface area contributed by atoms with Crippen LogP contribution in [0.4, 0.5) is 37.7 Å². The molecule has 0 unspecified atom stereocenters. The first-order chi connectivity index (χ1) is 16.6. The SMILES string of the molecule is O=C(CN(c1cc(C(F)(F)F)ccc1Cl)S(=O)(=O)c1ccccc1)Nc1cc(C(F)(F)F)ccc1Cl. The van der Waals surface area contributed by atoms with Gasteiger partial charge in [-0.3, -0.25) is 9.10 Å². The summed E-state index contributed by atoms with van der Waals surface area (Å²) in [5, 5.41) is 1.36. The van der Waals surface area contributed by atoms with Gasteiger partial charge < -0.3 is 5.32 Å². The summed E-state index contributed by atoms with van der Waals surface area (Å²) in [6.07, 6.45) is -9.63. The third-order valence-electron chi connectivity index (χ3n) is 4.73. The van der Waals surface area contributed by atoms with Crippen molar-refractivity contribution >= 4 is 50.5 Å². The first-order valence-corrected chi connectivity index (χ1v) is 11.9. The lowest BCUT2D eigenvalue weighted by Gasteiger charge is -2.26. The molecule has 192 valence electrons. The van der Waals surface area contributed by atoms with Gasteiger partial charge >= 0.3 is 12.4 Å². The third-order valence-corrected chi connectivity index (χ3v) is 7.15. The van der Waals surface area contributed by atoms with E-state index in [1.807, 2.05) is 0 Å². The maximum Gasteiger partial charge on any atom is 0.416 e. The topological polar surface area (TPSA) is 66.5 Å². The standard InChI is InChI=1S/C22H14Cl2F6N2O3S/c23-16-8-6-13(21(25,26)27)10-18(16)31-20(33)12-32(36(34,35)15-4-2-1-3-5-15)19-11-14(22(28,29)30)7-9-17(19)24/h1-11H,12H2,(H,31,33). The summed E-state index contributed by atoms with van der Waals surface area (Å²) in [6.45, 7) is -1.13. The molecule has 0 aliphatic rings. The highest BCUT2D eigenvalue weighted by Gasteiger charge is 2.35. The van der Waals surface area contributed by atoms with Crippen LogP contribution in [0, 0.1) is 0 Å². The van der Waals surface area contributed by atoms with Gasteiger partial charge in [0.1, 0.15) is 6.54 Å². The molecule has 5 nitrogen and oxygen atoms in total. The molecule has 3 aromatic rings. The molecule has 0 spiro atoms. The number of amides is 1. The summed E-state index contributed by atoms with van der Waals surface area (Å²) in [5.41, 5.74) is -3.53. The summed E-state index contributed by atoms with van der Waals surface area (Å²) in [7, 11) is -4.66. The zero-order valence-corrected chi connectivity index (χ0v) is 20.0. The van der Waals surface area contributed by atoms with Crippen LogP contribution in [0.2, 0.25) is 10.0 Å². The van der Waals surface area contributed by atoms with Crippen LogP contribution in [0.15, 0.2) is 71.6 Å². The van der Waals surface area contributed by atoms with Crippen LogP contribution >= 0.6 is 23.2 Å². The average molecular weight is 571 g/mol. The second-order valence-electron chi connectivity index (χ2n) is 7.23. The van der Waals surface area contributed by atoms with E-state index in [-0.39, 0.29) is 9.92 Å². The number of halogens is 8. The van der Waals surface area contributed by atoms with E-state index in [4.69, 9.17) is 23.2 Å². The molecule has 0 fully saturated rings. The van der Waals surface area contributed by atoms with Crippen molar-refractivity contribution in [3.63, 3.8) is 0 Å². The second kappa shape index (κ2) is 10.2. The van der Waals surface area contributed by atoms with Crippen LogP contribution in [0.1, 0.15) is 11.1 Å². The van der Waals surface area contributed by atoms with Crippen LogP contribution in [-0.2, 0) is 27.2 Å². The Morgan fingerprint density at radius 3 is 1.89 bits per heavy atom. The Morgan fingerprint density at radius 1 is 0.806 bits per heavy atom. The largest absolute Gasteiger partial charge is 0.416 e. The number of hydrogen-bond acceptors (Lipinski definition) is 3. The minimum atomic E-state index is -4.87. The molecular weight excluding hydrogens is 557 g/mol. The van der Waals surface area contributed by atoms with Gasteiger partial charge in [0.25, 0.3) is 10.0 Å². The molecule has 1 amide bonds. The Kier molecular flexibility index (Phi) is 7.82. The predicted molar refractivity (Wildman–Crippen MR) is 123 cm³/mol. The Hall–Kier alpha value is -2.96. The van der Waals surface area contributed by atoms with Crippen LogP contribution in [0.25, 0.3) is 0 Å². The van der Waals surface area contributed by atoms with Crippen LogP contribution in [0.5, 0.6) is 0 Å². The van der Waals surface area contributed by atoms with E-state index in [2.05, 4.69) is 5.32 Å². The second-order valence-corrected chi connectivity index (χ2v) is 9.91. The number of sulfonamides is 1. The molecule has 0 aromatic heterocycles. The molecule has 3 aromatic carbocycles. The first kappa shape index (κ1) is 27.6. The maximum absolute atomic E-state index is 13.3. The van der Waals surface area contributed by atoms with Crippen LogP contribution in [0.3, 0.4) is 0 Å². The number of rotatable bonds is 6. The zero-order valence-electron chi connectivity index (χ0n) is 17.7. The fourth-order valence-electron chi connectivity index (χ4n) is 3.02. The highest BCUT2D eigenvalue weighted by atomic mass is 35.5. The molecule has 0 radical (unpaired) electrons. The minimum Gasteiger partial charge on any atom is -0.323 e. The number of carbonyl (C=O) groups is 1. The predicted octanol–water partition coefficient (Wildman–Crippen LogP) is 6.87. The fraction of sp³-hybridized carbons (Fsp3) is 0.136. The van der Waals surface area contributed by atoms with Gasteiger partial charge in [0.2, 0.25) is 5.91 Å². The molecule has 0 aliphatic carbocycles. The average Bonchev–Trinajstić information content (AvgIpc) is 2.78. The number of alkyl halides is 6. The lowest BCUT2D eigenvalue weighted by molar-refractivity contribution is -0.138. The lowest BCUT2D eigenvalue weighted by atomic mass is 10.2. The molecule has 0 atom stereocenters. The van der Waals surface area contributed by atoms with E-state index in [1.165, 1.54) is 18.2 Å². The van der Waals surface area contributed by atoms with Crippen molar-refractivity contribution in [2.45, 2.75) is 17.2 Å². The summed E-state index contributed by atoms with van der Waals surface area (Å²) in [4.78, 5) is 12.4. The quantitative estimate of drug-likeness (QED) is 0.329. The molecule has 0 aliphatic heterocycles. The van der Waals surface area contributed by atoms with E-state index < -0.39 is 62.4 Å². The van der Waals surface area contributed by atoms with E-state index in [0.29, 0.717) is 28.6 Å². The van der Waals surface area contributed by atoms with Crippen molar-refractivity contribution in [3.8, 4) is 0 Å². The normalized spacial score (nSPS) is 12.3. The molecular formula is C22H14Cl2F6N2O3S. The summed E-state index contributed by atoms with van der Waals surface area (Å²) < 4.78 is 106. The number of nitrogens with one attached hydrogen (secondary N) is 1. The molecule has 14 heteroatoms. The number of carbonyl (C=O) groups excluding carboxylic acids is 1. The van der Waals surface area contributed by atoms with Gasteiger partial charge in [-0.2, -0.15) is 26.3 Å². The van der Waals surface area contributed by atoms with E-state index >= 15 is 0 Å². The first-order valence-electron chi connectivity index (χ1n) is 9.72.